The molecule has 0 aromatic rings. The van der Waals surface area contributed by atoms with E-state index in [2.05, 4.69) is 18.7 Å². The number of carbonyl (C=O) groups is 2. The molecule has 1 heterocycles. The Kier molecular flexibility index (Phi) is 4.37. The zero-order valence-electron chi connectivity index (χ0n) is 11.9. The molecule has 1 N–H and O–H groups in total. The van der Waals surface area contributed by atoms with Crippen LogP contribution in [-0.2, 0) is 9.59 Å². The molecule has 1 rings (SSSR count). The van der Waals surface area contributed by atoms with Crippen molar-refractivity contribution in [2.24, 2.45) is 11.8 Å². The second-order valence-corrected chi connectivity index (χ2v) is 5.91. The molecule has 5 heteroatoms. The molecule has 1 saturated heterocycles. The number of amides is 1. The predicted octanol–water partition coefficient (Wildman–Crippen LogP) is 0.896. The highest BCUT2D eigenvalue weighted by Gasteiger charge is 2.36. The number of nitrogens with zero attached hydrogens (tertiary/aromatic N) is 2. The molecule has 5 nitrogen and oxygen atoms in total. The maximum absolute atomic E-state index is 12.3. The summed E-state index contributed by atoms with van der Waals surface area (Å²) in [6.45, 7) is 9.63. The summed E-state index contributed by atoms with van der Waals surface area (Å²) in [7, 11) is 2.05. The number of hydrogen-bond acceptors (Lipinski definition) is 3. The van der Waals surface area contributed by atoms with E-state index in [4.69, 9.17) is 5.11 Å². The molecular formula is C13H24N2O3. The van der Waals surface area contributed by atoms with Crippen molar-refractivity contribution in [1.82, 2.24) is 9.80 Å². The molecule has 2 atom stereocenters. The Labute approximate surface area is 109 Å². The van der Waals surface area contributed by atoms with Gasteiger partial charge in [-0.05, 0) is 20.9 Å². The fourth-order valence-electron chi connectivity index (χ4n) is 2.14. The number of carboxylic acids is 1. The third kappa shape index (κ3) is 3.02. The van der Waals surface area contributed by atoms with E-state index in [0.29, 0.717) is 13.1 Å². The van der Waals surface area contributed by atoms with E-state index >= 15 is 0 Å². The van der Waals surface area contributed by atoms with Gasteiger partial charge < -0.3 is 10.0 Å². The van der Waals surface area contributed by atoms with Crippen molar-refractivity contribution in [3.63, 3.8) is 0 Å². The van der Waals surface area contributed by atoms with Crippen molar-refractivity contribution in [2.45, 2.75) is 33.2 Å². The summed E-state index contributed by atoms with van der Waals surface area (Å²) >= 11 is 0. The lowest BCUT2D eigenvalue weighted by atomic mass is 9.92. The molecule has 2 unspecified atom stereocenters. The first-order valence-electron chi connectivity index (χ1n) is 6.39. The predicted molar refractivity (Wildman–Crippen MR) is 69.3 cm³/mol. The number of carbonyl (C=O) groups excluding carboxylic acids is 1. The minimum atomic E-state index is -0.913. The number of hydrogen-bond donors (Lipinski definition) is 1. The Balaban J connectivity index is 2.71. The largest absolute Gasteiger partial charge is 0.481 e. The average molecular weight is 256 g/mol. The maximum Gasteiger partial charge on any atom is 0.307 e. The molecule has 1 aliphatic rings. The van der Waals surface area contributed by atoms with Crippen LogP contribution in [0.1, 0.15) is 27.7 Å². The van der Waals surface area contributed by atoms with Crippen LogP contribution < -0.4 is 0 Å². The lowest BCUT2D eigenvalue weighted by Crippen LogP contribution is -2.60. The second-order valence-electron chi connectivity index (χ2n) is 5.91. The van der Waals surface area contributed by atoms with E-state index < -0.39 is 17.8 Å². The third-order valence-electron chi connectivity index (χ3n) is 4.16. The van der Waals surface area contributed by atoms with E-state index in [1.807, 2.05) is 7.05 Å². The molecule has 0 aliphatic carbocycles. The standard InChI is InChI=1S/C13H24N2O3/c1-9(10(2)12(17)18)11(16)15-7-6-14(5)13(3,4)8-15/h9-10H,6-8H2,1-5H3,(H,17,18). The molecule has 18 heavy (non-hydrogen) atoms. The van der Waals surface area contributed by atoms with Crippen LogP contribution in [0.4, 0.5) is 0 Å². The second kappa shape index (κ2) is 5.26. The highest BCUT2D eigenvalue weighted by Crippen LogP contribution is 2.22. The van der Waals surface area contributed by atoms with Crippen LogP contribution in [0.2, 0.25) is 0 Å². The minimum Gasteiger partial charge on any atom is -0.481 e. The van der Waals surface area contributed by atoms with Gasteiger partial charge in [-0.2, -0.15) is 0 Å². The van der Waals surface area contributed by atoms with Crippen LogP contribution >= 0.6 is 0 Å². The smallest absolute Gasteiger partial charge is 0.307 e. The van der Waals surface area contributed by atoms with Crippen LogP contribution in [0.5, 0.6) is 0 Å². The van der Waals surface area contributed by atoms with Crippen molar-refractivity contribution >= 4 is 11.9 Å². The summed E-state index contributed by atoms with van der Waals surface area (Å²) in [5, 5.41) is 8.97. The quantitative estimate of drug-likeness (QED) is 0.815. The van der Waals surface area contributed by atoms with Crippen molar-refractivity contribution in [3.05, 3.63) is 0 Å². The fraction of sp³-hybridized carbons (Fsp3) is 0.846. The summed E-state index contributed by atoms with van der Waals surface area (Å²) in [6.07, 6.45) is 0. The van der Waals surface area contributed by atoms with Gasteiger partial charge in [-0.1, -0.05) is 13.8 Å². The van der Waals surface area contributed by atoms with Gasteiger partial charge in [0.2, 0.25) is 5.91 Å². The van der Waals surface area contributed by atoms with E-state index in [-0.39, 0.29) is 11.4 Å². The van der Waals surface area contributed by atoms with Crippen molar-refractivity contribution in [2.75, 3.05) is 26.7 Å². The molecule has 0 radical (unpaired) electrons. The van der Waals surface area contributed by atoms with E-state index in [9.17, 15) is 9.59 Å². The number of likely N-dealkylation sites (N-methyl/N-ethyl adjacent to an activating group) is 1. The van der Waals surface area contributed by atoms with Crippen molar-refractivity contribution in [3.8, 4) is 0 Å². The Morgan fingerprint density at radius 2 is 1.72 bits per heavy atom. The number of piperazine rings is 1. The van der Waals surface area contributed by atoms with E-state index in [1.54, 1.807) is 18.7 Å². The highest BCUT2D eigenvalue weighted by atomic mass is 16.4. The van der Waals surface area contributed by atoms with Crippen LogP contribution in [0, 0.1) is 11.8 Å². The zero-order valence-corrected chi connectivity index (χ0v) is 11.9. The van der Waals surface area contributed by atoms with Crippen LogP contribution in [0.3, 0.4) is 0 Å². The first-order chi connectivity index (χ1) is 8.16. The Morgan fingerprint density at radius 3 is 2.17 bits per heavy atom. The van der Waals surface area contributed by atoms with Gasteiger partial charge >= 0.3 is 5.97 Å². The monoisotopic (exact) mass is 256 g/mol. The van der Waals surface area contributed by atoms with Gasteiger partial charge in [0, 0.05) is 31.1 Å². The van der Waals surface area contributed by atoms with Crippen molar-refractivity contribution in [1.29, 1.82) is 0 Å². The van der Waals surface area contributed by atoms with Crippen LogP contribution in [0.15, 0.2) is 0 Å². The molecule has 0 saturated carbocycles. The summed E-state index contributed by atoms with van der Waals surface area (Å²) in [6, 6.07) is 0. The van der Waals surface area contributed by atoms with Gasteiger partial charge in [-0.25, -0.2) is 0 Å². The van der Waals surface area contributed by atoms with Gasteiger partial charge in [0.05, 0.1) is 5.92 Å². The molecule has 1 aliphatic heterocycles. The molecule has 1 amide bonds. The Bertz CT molecular complexity index is 341. The fourth-order valence-corrected chi connectivity index (χ4v) is 2.14. The van der Waals surface area contributed by atoms with Gasteiger partial charge in [-0.3, -0.25) is 14.5 Å². The molecular weight excluding hydrogens is 232 g/mol. The summed E-state index contributed by atoms with van der Waals surface area (Å²) < 4.78 is 0. The lowest BCUT2D eigenvalue weighted by Gasteiger charge is -2.46. The third-order valence-corrected chi connectivity index (χ3v) is 4.16. The van der Waals surface area contributed by atoms with Gasteiger partial charge in [0.25, 0.3) is 0 Å². The SMILES string of the molecule is CC(C(=O)O)C(C)C(=O)N1CCN(C)C(C)(C)C1. The Morgan fingerprint density at radius 1 is 1.17 bits per heavy atom. The van der Waals surface area contributed by atoms with Crippen LogP contribution in [0.25, 0.3) is 0 Å². The number of rotatable bonds is 3. The molecule has 104 valence electrons. The molecule has 0 aromatic carbocycles. The van der Waals surface area contributed by atoms with E-state index in [1.165, 1.54) is 0 Å². The van der Waals surface area contributed by atoms with Gasteiger partial charge in [-0.15, -0.1) is 0 Å². The summed E-state index contributed by atoms with van der Waals surface area (Å²) in [4.78, 5) is 27.2. The van der Waals surface area contributed by atoms with Crippen molar-refractivity contribution < 1.29 is 14.7 Å². The Hall–Kier alpha value is -1.10. The normalized spacial score (nSPS) is 23.5. The first-order valence-corrected chi connectivity index (χ1v) is 6.39. The number of carboxylic acid groups (broad SMARTS) is 1. The highest BCUT2D eigenvalue weighted by molar-refractivity contribution is 5.84. The first kappa shape index (κ1) is 15.0. The number of aliphatic carboxylic acids is 1. The van der Waals surface area contributed by atoms with Gasteiger partial charge in [0.15, 0.2) is 0 Å². The molecule has 0 aromatic heterocycles. The lowest BCUT2D eigenvalue weighted by molar-refractivity contribution is -0.151. The van der Waals surface area contributed by atoms with Gasteiger partial charge in [0.1, 0.15) is 0 Å². The molecule has 0 spiro atoms. The molecule has 0 bridgehead atoms. The summed E-state index contributed by atoms with van der Waals surface area (Å²) in [5.74, 6) is -2.07. The minimum absolute atomic E-state index is 0.0499. The molecule has 1 fully saturated rings. The average Bonchev–Trinajstić information content (AvgIpc) is 2.29. The van der Waals surface area contributed by atoms with E-state index in [0.717, 1.165) is 6.54 Å². The topological polar surface area (TPSA) is 60.9 Å². The maximum atomic E-state index is 12.3. The van der Waals surface area contributed by atoms with Crippen LogP contribution in [-0.4, -0.2) is 59.0 Å². The zero-order chi connectivity index (χ0) is 14.1. The summed E-state index contributed by atoms with van der Waals surface area (Å²) in [5.41, 5.74) is -0.0555.